The van der Waals surface area contributed by atoms with Crippen molar-refractivity contribution in [2.45, 2.75) is 0 Å². The fourth-order valence-electron chi connectivity index (χ4n) is 2.70. The number of hydrogen-bond donors (Lipinski definition) is 0. The standard InChI is InChI=1S/C20H19NO3/c1-22-17-13-15-11-12-21-16(10-9-14-7-5-4-6-8-14)18(15)20(24-3)19(17)23-2/h4-13H,1-3H3. The summed E-state index contributed by atoms with van der Waals surface area (Å²) in [5.74, 6) is 1.81. The first-order valence-corrected chi connectivity index (χ1v) is 7.59. The van der Waals surface area contributed by atoms with Crippen molar-refractivity contribution in [2.75, 3.05) is 21.3 Å². The Morgan fingerprint density at radius 2 is 1.58 bits per heavy atom. The summed E-state index contributed by atoms with van der Waals surface area (Å²) in [6.07, 6.45) is 5.78. The highest BCUT2D eigenvalue weighted by Gasteiger charge is 2.18. The van der Waals surface area contributed by atoms with E-state index < -0.39 is 0 Å². The van der Waals surface area contributed by atoms with Crippen LogP contribution in [0, 0.1) is 0 Å². The van der Waals surface area contributed by atoms with Crippen LogP contribution in [0.2, 0.25) is 0 Å². The van der Waals surface area contributed by atoms with Gasteiger partial charge in [0.25, 0.3) is 0 Å². The molecule has 4 heteroatoms. The zero-order valence-electron chi connectivity index (χ0n) is 13.9. The van der Waals surface area contributed by atoms with Crippen molar-refractivity contribution in [3.63, 3.8) is 0 Å². The number of hydrogen-bond acceptors (Lipinski definition) is 4. The number of ether oxygens (including phenoxy) is 3. The molecule has 0 aliphatic heterocycles. The van der Waals surface area contributed by atoms with E-state index in [1.807, 2.05) is 54.6 Å². The lowest BCUT2D eigenvalue weighted by molar-refractivity contribution is 0.327. The van der Waals surface area contributed by atoms with Gasteiger partial charge in [0.2, 0.25) is 5.75 Å². The number of aromatic nitrogens is 1. The molecule has 0 radical (unpaired) electrons. The number of rotatable bonds is 5. The minimum Gasteiger partial charge on any atom is -0.493 e. The van der Waals surface area contributed by atoms with Gasteiger partial charge in [-0.25, -0.2) is 0 Å². The lowest BCUT2D eigenvalue weighted by atomic mass is 10.1. The van der Waals surface area contributed by atoms with Crippen LogP contribution in [0.25, 0.3) is 22.9 Å². The zero-order chi connectivity index (χ0) is 16.9. The van der Waals surface area contributed by atoms with Crippen LogP contribution in [0.1, 0.15) is 11.3 Å². The zero-order valence-corrected chi connectivity index (χ0v) is 13.9. The Morgan fingerprint density at radius 3 is 2.25 bits per heavy atom. The van der Waals surface area contributed by atoms with E-state index in [0.29, 0.717) is 17.2 Å². The van der Waals surface area contributed by atoms with E-state index in [9.17, 15) is 0 Å². The molecule has 3 aromatic rings. The molecule has 1 aromatic heterocycles. The molecule has 3 rings (SSSR count). The highest BCUT2D eigenvalue weighted by atomic mass is 16.5. The smallest absolute Gasteiger partial charge is 0.204 e. The van der Waals surface area contributed by atoms with Crippen LogP contribution in [-0.4, -0.2) is 26.3 Å². The molecule has 0 aliphatic rings. The van der Waals surface area contributed by atoms with E-state index >= 15 is 0 Å². The van der Waals surface area contributed by atoms with Gasteiger partial charge in [-0.05, 0) is 29.2 Å². The Hall–Kier alpha value is -3.01. The van der Waals surface area contributed by atoms with Gasteiger partial charge in [-0.2, -0.15) is 0 Å². The number of benzene rings is 2. The number of fused-ring (bicyclic) bond motifs is 1. The second-order valence-electron chi connectivity index (χ2n) is 5.18. The Bertz CT molecular complexity index is 873. The molecular weight excluding hydrogens is 302 g/mol. The summed E-state index contributed by atoms with van der Waals surface area (Å²) in [5.41, 5.74) is 1.92. The first-order chi connectivity index (χ1) is 11.8. The van der Waals surface area contributed by atoms with E-state index in [-0.39, 0.29) is 0 Å². The van der Waals surface area contributed by atoms with Gasteiger partial charge in [-0.1, -0.05) is 36.4 Å². The molecule has 0 N–H and O–H groups in total. The second-order valence-corrected chi connectivity index (χ2v) is 5.18. The maximum Gasteiger partial charge on any atom is 0.204 e. The third-order valence-corrected chi connectivity index (χ3v) is 3.82. The summed E-state index contributed by atoms with van der Waals surface area (Å²) in [4.78, 5) is 4.50. The molecule has 0 atom stereocenters. The lowest BCUT2D eigenvalue weighted by Crippen LogP contribution is -1.97. The van der Waals surface area contributed by atoms with E-state index in [2.05, 4.69) is 4.98 Å². The molecule has 122 valence electrons. The highest BCUT2D eigenvalue weighted by Crippen LogP contribution is 2.44. The first-order valence-electron chi connectivity index (χ1n) is 7.59. The van der Waals surface area contributed by atoms with E-state index in [1.54, 1.807) is 27.5 Å². The molecule has 4 nitrogen and oxygen atoms in total. The molecule has 0 unspecified atom stereocenters. The van der Waals surface area contributed by atoms with Crippen LogP contribution in [0.4, 0.5) is 0 Å². The summed E-state index contributed by atoms with van der Waals surface area (Å²) >= 11 is 0. The van der Waals surface area contributed by atoms with Crippen LogP contribution >= 0.6 is 0 Å². The molecule has 0 bridgehead atoms. The minimum atomic E-state index is 0.565. The Balaban J connectivity index is 2.20. The summed E-state index contributed by atoms with van der Waals surface area (Å²) in [6.45, 7) is 0. The van der Waals surface area contributed by atoms with Crippen molar-refractivity contribution in [2.24, 2.45) is 0 Å². The van der Waals surface area contributed by atoms with Crippen molar-refractivity contribution in [1.82, 2.24) is 4.98 Å². The van der Waals surface area contributed by atoms with Gasteiger partial charge in [0.05, 0.1) is 32.4 Å². The number of nitrogens with zero attached hydrogens (tertiary/aromatic N) is 1. The summed E-state index contributed by atoms with van der Waals surface area (Å²) in [6, 6.07) is 14.0. The average Bonchev–Trinajstić information content (AvgIpc) is 2.65. The van der Waals surface area contributed by atoms with Gasteiger partial charge in [0.1, 0.15) is 0 Å². The van der Waals surface area contributed by atoms with Gasteiger partial charge >= 0.3 is 0 Å². The third kappa shape index (κ3) is 2.91. The normalized spacial score (nSPS) is 11.0. The quantitative estimate of drug-likeness (QED) is 0.697. The van der Waals surface area contributed by atoms with Crippen LogP contribution in [0.5, 0.6) is 17.2 Å². The van der Waals surface area contributed by atoms with E-state index in [1.165, 1.54) is 0 Å². The van der Waals surface area contributed by atoms with Crippen molar-refractivity contribution in [1.29, 1.82) is 0 Å². The maximum absolute atomic E-state index is 5.61. The van der Waals surface area contributed by atoms with Gasteiger partial charge in [-0.3, -0.25) is 4.98 Å². The first kappa shape index (κ1) is 15.9. The van der Waals surface area contributed by atoms with Gasteiger partial charge < -0.3 is 14.2 Å². The Kier molecular flexibility index (Phi) is 4.66. The molecule has 1 heterocycles. The van der Waals surface area contributed by atoms with E-state index in [0.717, 1.165) is 22.0 Å². The van der Waals surface area contributed by atoms with Crippen LogP contribution in [0.15, 0.2) is 48.7 Å². The number of pyridine rings is 1. The highest BCUT2D eigenvalue weighted by molar-refractivity contribution is 5.99. The maximum atomic E-state index is 5.61. The molecule has 0 fully saturated rings. The molecule has 0 amide bonds. The topological polar surface area (TPSA) is 40.6 Å². The fourth-order valence-corrected chi connectivity index (χ4v) is 2.70. The number of methoxy groups -OCH3 is 3. The molecule has 0 spiro atoms. The molecule has 0 saturated heterocycles. The Morgan fingerprint density at radius 1 is 0.833 bits per heavy atom. The largest absolute Gasteiger partial charge is 0.493 e. The predicted octanol–water partition coefficient (Wildman–Crippen LogP) is 4.43. The fraction of sp³-hybridized carbons (Fsp3) is 0.150. The van der Waals surface area contributed by atoms with Crippen LogP contribution in [-0.2, 0) is 0 Å². The molecular formula is C20H19NO3. The molecule has 0 aliphatic carbocycles. The van der Waals surface area contributed by atoms with Crippen LogP contribution in [0.3, 0.4) is 0 Å². The van der Waals surface area contributed by atoms with Crippen molar-refractivity contribution in [3.05, 3.63) is 59.9 Å². The van der Waals surface area contributed by atoms with Gasteiger partial charge in [0.15, 0.2) is 11.5 Å². The summed E-state index contributed by atoms with van der Waals surface area (Å²) in [5, 5.41) is 1.87. The van der Waals surface area contributed by atoms with Crippen molar-refractivity contribution < 1.29 is 14.2 Å². The average molecular weight is 321 g/mol. The van der Waals surface area contributed by atoms with Crippen molar-refractivity contribution in [3.8, 4) is 17.2 Å². The van der Waals surface area contributed by atoms with E-state index in [4.69, 9.17) is 14.2 Å². The monoisotopic (exact) mass is 321 g/mol. The second kappa shape index (κ2) is 7.04. The van der Waals surface area contributed by atoms with Crippen LogP contribution < -0.4 is 14.2 Å². The molecule has 2 aromatic carbocycles. The van der Waals surface area contributed by atoms with Gasteiger partial charge in [0, 0.05) is 6.20 Å². The SMILES string of the molecule is COc1cc2ccnc(C=Cc3ccccc3)c2c(OC)c1OC. The Labute approximate surface area is 141 Å². The molecule has 24 heavy (non-hydrogen) atoms. The lowest BCUT2D eigenvalue weighted by Gasteiger charge is -2.15. The minimum absolute atomic E-state index is 0.565. The predicted molar refractivity (Wildman–Crippen MR) is 96.8 cm³/mol. The molecule has 0 saturated carbocycles. The van der Waals surface area contributed by atoms with Crippen molar-refractivity contribution >= 4 is 22.9 Å². The third-order valence-electron chi connectivity index (χ3n) is 3.82. The summed E-state index contributed by atoms with van der Waals surface area (Å²) in [7, 11) is 4.83. The summed E-state index contributed by atoms with van der Waals surface area (Å²) < 4.78 is 16.5. The van der Waals surface area contributed by atoms with Gasteiger partial charge in [-0.15, -0.1) is 0 Å².